The number of aromatic nitrogens is 2. The van der Waals surface area contributed by atoms with E-state index in [1.807, 2.05) is 29.2 Å². The van der Waals surface area contributed by atoms with Crippen LogP contribution in [0.3, 0.4) is 0 Å². The lowest BCUT2D eigenvalue weighted by molar-refractivity contribution is -0.386. The first-order chi connectivity index (χ1) is 15.8. The van der Waals surface area contributed by atoms with E-state index in [0.717, 1.165) is 25.2 Å². The number of aryl methyl sites for hydroxylation is 2. The molecule has 1 amide bonds. The Bertz CT molecular complexity index is 1140. The minimum atomic E-state index is -0.392. The molecule has 1 aliphatic heterocycles. The predicted octanol–water partition coefficient (Wildman–Crippen LogP) is 3.72. The quantitative estimate of drug-likeness (QED) is 0.425. The van der Waals surface area contributed by atoms with Gasteiger partial charge >= 0.3 is 5.69 Å². The van der Waals surface area contributed by atoms with Gasteiger partial charge in [-0.25, -0.2) is 0 Å². The molecule has 0 N–H and O–H groups in total. The second kappa shape index (κ2) is 9.54. The minimum Gasteiger partial charge on any atom is -0.336 e. The van der Waals surface area contributed by atoms with Crippen molar-refractivity contribution in [2.75, 3.05) is 26.2 Å². The molecular weight excluding hydrogens is 418 g/mol. The summed E-state index contributed by atoms with van der Waals surface area (Å²) < 4.78 is 1.64. The van der Waals surface area contributed by atoms with Crippen LogP contribution in [-0.2, 0) is 13.1 Å². The van der Waals surface area contributed by atoms with E-state index < -0.39 is 4.92 Å². The van der Waals surface area contributed by atoms with E-state index in [2.05, 4.69) is 41.2 Å². The van der Waals surface area contributed by atoms with Crippen molar-refractivity contribution in [3.05, 3.63) is 92.3 Å². The smallest absolute Gasteiger partial charge is 0.312 e. The maximum absolute atomic E-state index is 13.0. The van der Waals surface area contributed by atoms with Crippen molar-refractivity contribution < 1.29 is 9.72 Å². The van der Waals surface area contributed by atoms with Gasteiger partial charge in [-0.1, -0.05) is 42.0 Å². The molecular formula is C25H29N5O3. The third-order valence-corrected chi connectivity index (χ3v) is 6.25. The summed E-state index contributed by atoms with van der Waals surface area (Å²) in [5.41, 5.74) is 5.15. The fourth-order valence-electron chi connectivity index (χ4n) is 4.27. The summed E-state index contributed by atoms with van der Waals surface area (Å²) in [6, 6.07) is 16.0. The molecule has 1 aliphatic rings. The Labute approximate surface area is 193 Å². The van der Waals surface area contributed by atoms with E-state index in [0.29, 0.717) is 36.6 Å². The van der Waals surface area contributed by atoms with Gasteiger partial charge in [-0.15, -0.1) is 0 Å². The number of amides is 1. The molecule has 0 spiro atoms. The van der Waals surface area contributed by atoms with Gasteiger partial charge in [0.25, 0.3) is 5.91 Å². The summed E-state index contributed by atoms with van der Waals surface area (Å²) in [5, 5.41) is 15.5. The van der Waals surface area contributed by atoms with Gasteiger partial charge < -0.3 is 4.90 Å². The number of nitro groups is 1. The van der Waals surface area contributed by atoms with Gasteiger partial charge in [-0.05, 0) is 44.0 Å². The summed E-state index contributed by atoms with van der Waals surface area (Å²) in [6.07, 6.45) is 0. The molecule has 3 aromatic rings. The Morgan fingerprint density at radius 3 is 2.06 bits per heavy atom. The first-order valence-electron chi connectivity index (χ1n) is 11.2. The first-order valence-corrected chi connectivity index (χ1v) is 11.2. The number of hydrogen-bond acceptors (Lipinski definition) is 5. The summed E-state index contributed by atoms with van der Waals surface area (Å²) in [4.78, 5) is 28.1. The average molecular weight is 448 g/mol. The van der Waals surface area contributed by atoms with E-state index in [4.69, 9.17) is 0 Å². The van der Waals surface area contributed by atoms with Gasteiger partial charge in [0.2, 0.25) is 0 Å². The zero-order chi connectivity index (χ0) is 23.5. The molecule has 0 atom stereocenters. The van der Waals surface area contributed by atoms with Crippen LogP contribution in [0.25, 0.3) is 0 Å². The summed E-state index contributed by atoms with van der Waals surface area (Å²) >= 11 is 0. The Morgan fingerprint density at radius 2 is 1.48 bits per heavy atom. The number of nitrogens with zero attached hydrogens (tertiary/aromatic N) is 5. The molecule has 0 aliphatic carbocycles. The Kier molecular flexibility index (Phi) is 6.55. The molecule has 1 saturated heterocycles. The fraction of sp³-hybridized carbons (Fsp3) is 0.360. The molecule has 1 fully saturated rings. The fourth-order valence-corrected chi connectivity index (χ4v) is 4.27. The van der Waals surface area contributed by atoms with E-state index in [1.165, 1.54) is 11.1 Å². The van der Waals surface area contributed by atoms with Gasteiger partial charge in [-0.2, -0.15) is 5.10 Å². The van der Waals surface area contributed by atoms with Gasteiger partial charge in [-0.3, -0.25) is 24.5 Å². The highest BCUT2D eigenvalue weighted by Gasteiger charge is 2.23. The molecule has 1 aromatic heterocycles. The third-order valence-electron chi connectivity index (χ3n) is 6.25. The lowest BCUT2D eigenvalue weighted by Gasteiger charge is -2.34. The van der Waals surface area contributed by atoms with Crippen molar-refractivity contribution in [2.24, 2.45) is 0 Å². The highest BCUT2D eigenvalue weighted by Crippen LogP contribution is 2.22. The largest absolute Gasteiger partial charge is 0.336 e. The first kappa shape index (κ1) is 22.7. The van der Waals surface area contributed by atoms with Gasteiger partial charge in [0, 0.05) is 38.3 Å². The molecule has 0 radical (unpaired) electrons. The zero-order valence-corrected chi connectivity index (χ0v) is 19.3. The van der Waals surface area contributed by atoms with Gasteiger partial charge in [0.1, 0.15) is 11.4 Å². The summed E-state index contributed by atoms with van der Waals surface area (Å²) in [6.45, 7) is 9.89. The van der Waals surface area contributed by atoms with Crippen LogP contribution in [0, 0.1) is 30.9 Å². The maximum atomic E-state index is 13.0. The van der Waals surface area contributed by atoms with Crippen LogP contribution >= 0.6 is 0 Å². The molecule has 33 heavy (non-hydrogen) atoms. The monoisotopic (exact) mass is 447 g/mol. The van der Waals surface area contributed by atoms with E-state index in [-0.39, 0.29) is 11.6 Å². The second-order valence-corrected chi connectivity index (χ2v) is 8.69. The topological polar surface area (TPSA) is 84.5 Å². The number of carbonyl (C=O) groups excluding carboxylic acids is 1. The number of rotatable bonds is 6. The van der Waals surface area contributed by atoms with Crippen LogP contribution in [0.5, 0.6) is 0 Å². The lowest BCUT2D eigenvalue weighted by atomic mass is 10.1. The molecule has 0 saturated carbocycles. The molecule has 2 aromatic carbocycles. The second-order valence-electron chi connectivity index (χ2n) is 8.69. The predicted molar refractivity (Wildman–Crippen MR) is 126 cm³/mol. The Hall–Kier alpha value is -3.52. The Morgan fingerprint density at radius 1 is 0.909 bits per heavy atom. The lowest BCUT2D eigenvalue weighted by Crippen LogP contribution is -2.48. The number of benzene rings is 2. The molecule has 8 nitrogen and oxygen atoms in total. The maximum Gasteiger partial charge on any atom is 0.312 e. The van der Waals surface area contributed by atoms with Crippen LogP contribution in [0.1, 0.15) is 38.4 Å². The number of piperazine rings is 1. The SMILES string of the molecule is Cc1ccc(CN2CCN(C(=O)c3ccc(Cn4nc(C)c([N+](=O)[O-])c4C)cc3)CC2)cc1. The minimum absolute atomic E-state index is 0.0401. The van der Waals surface area contributed by atoms with Crippen LogP contribution < -0.4 is 0 Å². The third kappa shape index (κ3) is 5.12. The van der Waals surface area contributed by atoms with Crippen LogP contribution in [0.4, 0.5) is 5.69 Å². The van der Waals surface area contributed by atoms with Crippen LogP contribution in [0.2, 0.25) is 0 Å². The molecule has 2 heterocycles. The van der Waals surface area contributed by atoms with Gasteiger partial charge in [0.15, 0.2) is 0 Å². The molecule has 4 rings (SSSR count). The highest BCUT2D eigenvalue weighted by molar-refractivity contribution is 5.94. The molecule has 172 valence electrons. The van der Waals surface area contributed by atoms with Crippen molar-refractivity contribution in [1.29, 1.82) is 0 Å². The summed E-state index contributed by atoms with van der Waals surface area (Å²) in [7, 11) is 0. The molecule has 0 bridgehead atoms. The molecule has 0 unspecified atom stereocenters. The van der Waals surface area contributed by atoms with Crippen molar-refractivity contribution >= 4 is 11.6 Å². The number of carbonyl (C=O) groups is 1. The van der Waals surface area contributed by atoms with E-state index in [9.17, 15) is 14.9 Å². The standard InChI is InChI=1S/C25H29N5O3/c1-18-4-6-21(7-5-18)16-27-12-14-28(15-13-27)25(31)23-10-8-22(9-11-23)17-29-20(3)24(30(32)33)19(2)26-29/h4-11H,12-17H2,1-3H3. The van der Waals surface area contributed by atoms with Crippen molar-refractivity contribution in [2.45, 2.75) is 33.9 Å². The van der Waals surface area contributed by atoms with Crippen LogP contribution in [-0.4, -0.2) is 56.6 Å². The molecule has 8 heteroatoms. The van der Waals surface area contributed by atoms with E-state index in [1.54, 1.807) is 18.5 Å². The van der Waals surface area contributed by atoms with Crippen molar-refractivity contribution in [1.82, 2.24) is 19.6 Å². The van der Waals surface area contributed by atoms with E-state index >= 15 is 0 Å². The summed E-state index contributed by atoms with van der Waals surface area (Å²) in [5.74, 6) is 0.0401. The van der Waals surface area contributed by atoms with Gasteiger partial charge in [0.05, 0.1) is 11.5 Å². The zero-order valence-electron chi connectivity index (χ0n) is 19.3. The Balaban J connectivity index is 1.34. The normalized spacial score (nSPS) is 14.5. The average Bonchev–Trinajstić information content (AvgIpc) is 3.08. The van der Waals surface area contributed by atoms with Crippen LogP contribution in [0.15, 0.2) is 48.5 Å². The van der Waals surface area contributed by atoms with Crippen molar-refractivity contribution in [3.8, 4) is 0 Å². The van der Waals surface area contributed by atoms with Crippen molar-refractivity contribution in [3.63, 3.8) is 0 Å². The highest BCUT2D eigenvalue weighted by atomic mass is 16.6. The number of hydrogen-bond donors (Lipinski definition) is 0.